The maximum Gasteiger partial charge on any atom is 0.227 e. The first kappa shape index (κ1) is 15.6. The number of nitrogens with zero attached hydrogens (tertiary/aromatic N) is 1. The minimum Gasteiger partial charge on any atom is -0.355 e. The Bertz CT molecular complexity index is 564. The molecule has 0 fully saturated rings. The number of halogens is 1. The molecule has 1 aromatic heterocycles. The van der Waals surface area contributed by atoms with E-state index in [1.54, 1.807) is 12.4 Å². The van der Waals surface area contributed by atoms with Crippen molar-refractivity contribution in [1.82, 2.24) is 15.3 Å². The van der Waals surface area contributed by atoms with Gasteiger partial charge in [-0.05, 0) is 23.6 Å². The van der Waals surface area contributed by atoms with Crippen molar-refractivity contribution < 1.29 is 4.79 Å². The van der Waals surface area contributed by atoms with Crippen LogP contribution in [0.15, 0.2) is 36.7 Å². The van der Waals surface area contributed by atoms with Crippen molar-refractivity contribution in [3.05, 3.63) is 53.1 Å². The lowest BCUT2D eigenvalue weighted by Gasteiger charge is -2.20. The Kier molecular flexibility index (Phi) is 5.39. The van der Waals surface area contributed by atoms with Crippen LogP contribution in [0.3, 0.4) is 0 Å². The number of aromatic amines is 1. The average molecular weight is 306 g/mol. The summed E-state index contributed by atoms with van der Waals surface area (Å²) in [7, 11) is 0. The largest absolute Gasteiger partial charge is 0.355 e. The first-order chi connectivity index (χ1) is 10.1. The van der Waals surface area contributed by atoms with E-state index in [4.69, 9.17) is 11.6 Å². The van der Waals surface area contributed by atoms with E-state index in [-0.39, 0.29) is 17.7 Å². The molecule has 4 nitrogen and oxygen atoms in total. The van der Waals surface area contributed by atoms with E-state index in [1.165, 1.54) is 0 Å². The molecule has 1 heterocycles. The molecule has 0 aliphatic rings. The summed E-state index contributed by atoms with van der Waals surface area (Å²) in [6.45, 7) is 4.67. The van der Waals surface area contributed by atoms with E-state index in [9.17, 15) is 4.79 Å². The van der Waals surface area contributed by atoms with E-state index in [0.29, 0.717) is 18.0 Å². The van der Waals surface area contributed by atoms with Crippen LogP contribution in [0, 0.1) is 5.92 Å². The molecule has 0 spiro atoms. The van der Waals surface area contributed by atoms with E-state index >= 15 is 0 Å². The van der Waals surface area contributed by atoms with Gasteiger partial charge in [0.1, 0.15) is 5.82 Å². The number of imidazole rings is 1. The van der Waals surface area contributed by atoms with Crippen molar-refractivity contribution in [2.75, 3.05) is 6.54 Å². The lowest BCUT2D eigenvalue weighted by atomic mass is 9.87. The minimum atomic E-state index is -0.168. The summed E-state index contributed by atoms with van der Waals surface area (Å²) in [6.07, 6.45) is 4.19. The maximum absolute atomic E-state index is 12.4. The highest BCUT2D eigenvalue weighted by Crippen LogP contribution is 2.25. The molecule has 1 aromatic carbocycles. The average Bonchev–Trinajstić information content (AvgIpc) is 2.94. The van der Waals surface area contributed by atoms with Crippen molar-refractivity contribution in [2.45, 2.75) is 26.2 Å². The SMILES string of the molecule is CC(C)C(C(=O)NCCc1ncc[nH]1)c1ccc(Cl)cc1. The molecule has 0 saturated heterocycles. The lowest BCUT2D eigenvalue weighted by molar-refractivity contribution is -0.123. The van der Waals surface area contributed by atoms with E-state index < -0.39 is 0 Å². The zero-order valence-corrected chi connectivity index (χ0v) is 13.0. The highest BCUT2D eigenvalue weighted by Gasteiger charge is 2.23. The summed E-state index contributed by atoms with van der Waals surface area (Å²) in [5.41, 5.74) is 0.991. The number of nitrogens with one attached hydrogen (secondary N) is 2. The highest BCUT2D eigenvalue weighted by molar-refractivity contribution is 6.30. The molecule has 1 amide bonds. The second-order valence-corrected chi connectivity index (χ2v) is 5.79. The van der Waals surface area contributed by atoms with Crippen molar-refractivity contribution in [1.29, 1.82) is 0 Å². The summed E-state index contributed by atoms with van der Waals surface area (Å²) in [4.78, 5) is 19.6. The van der Waals surface area contributed by atoms with Crippen LogP contribution in [0.2, 0.25) is 5.02 Å². The topological polar surface area (TPSA) is 57.8 Å². The van der Waals surface area contributed by atoms with Gasteiger partial charge in [-0.1, -0.05) is 37.6 Å². The molecule has 112 valence electrons. The second-order valence-electron chi connectivity index (χ2n) is 5.35. The highest BCUT2D eigenvalue weighted by atomic mass is 35.5. The molecule has 0 aliphatic carbocycles. The zero-order valence-electron chi connectivity index (χ0n) is 12.3. The second kappa shape index (κ2) is 7.27. The van der Waals surface area contributed by atoms with Gasteiger partial charge >= 0.3 is 0 Å². The molecule has 0 bridgehead atoms. The molecule has 2 rings (SSSR count). The van der Waals surface area contributed by atoms with Gasteiger partial charge in [-0.25, -0.2) is 4.98 Å². The first-order valence-corrected chi connectivity index (χ1v) is 7.47. The number of hydrogen-bond acceptors (Lipinski definition) is 2. The van der Waals surface area contributed by atoms with Crippen LogP contribution in [-0.4, -0.2) is 22.4 Å². The number of hydrogen-bond donors (Lipinski definition) is 2. The Balaban J connectivity index is 1.97. The Morgan fingerprint density at radius 2 is 2.05 bits per heavy atom. The van der Waals surface area contributed by atoms with Crippen molar-refractivity contribution >= 4 is 17.5 Å². The van der Waals surface area contributed by atoms with Crippen LogP contribution in [-0.2, 0) is 11.2 Å². The predicted molar refractivity (Wildman–Crippen MR) is 84.3 cm³/mol. The summed E-state index contributed by atoms with van der Waals surface area (Å²) < 4.78 is 0. The fourth-order valence-corrected chi connectivity index (χ4v) is 2.48. The van der Waals surface area contributed by atoms with Crippen LogP contribution in [0.5, 0.6) is 0 Å². The monoisotopic (exact) mass is 305 g/mol. The van der Waals surface area contributed by atoms with Crippen molar-refractivity contribution in [2.24, 2.45) is 5.92 Å². The minimum absolute atomic E-state index is 0.0406. The van der Waals surface area contributed by atoms with Gasteiger partial charge in [0.2, 0.25) is 5.91 Å². The third-order valence-electron chi connectivity index (χ3n) is 3.39. The number of H-pyrrole nitrogens is 1. The van der Waals surface area contributed by atoms with Crippen LogP contribution < -0.4 is 5.32 Å². The van der Waals surface area contributed by atoms with Crippen LogP contribution in [0.25, 0.3) is 0 Å². The molecule has 21 heavy (non-hydrogen) atoms. The molecule has 2 aromatic rings. The predicted octanol–water partition coefficient (Wildman–Crippen LogP) is 3.16. The van der Waals surface area contributed by atoms with Crippen LogP contribution in [0.1, 0.15) is 31.2 Å². The molecule has 5 heteroatoms. The fraction of sp³-hybridized carbons (Fsp3) is 0.375. The lowest BCUT2D eigenvalue weighted by Crippen LogP contribution is -2.33. The third-order valence-corrected chi connectivity index (χ3v) is 3.65. The molecular weight excluding hydrogens is 286 g/mol. The normalized spacial score (nSPS) is 12.4. The van der Waals surface area contributed by atoms with Gasteiger partial charge < -0.3 is 10.3 Å². The summed E-state index contributed by atoms with van der Waals surface area (Å²) in [6, 6.07) is 7.48. The van der Waals surface area contributed by atoms with Crippen LogP contribution >= 0.6 is 11.6 Å². The molecule has 2 N–H and O–H groups in total. The molecule has 0 saturated carbocycles. The van der Waals surface area contributed by atoms with Gasteiger partial charge in [0, 0.05) is 30.4 Å². The third kappa shape index (κ3) is 4.33. The molecule has 0 radical (unpaired) electrons. The van der Waals surface area contributed by atoms with Crippen molar-refractivity contribution in [3.63, 3.8) is 0 Å². The van der Waals surface area contributed by atoms with Gasteiger partial charge in [-0.2, -0.15) is 0 Å². The van der Waals surface area contributed by atoms with Gasteiger partial charge in [-0.15, -0.1) is 0 Å². The summed E-state index contributed by atoms with van der Waals surface area (Å²) in [5.74, 6) is 0.968. The fourth-order valence-electron chi connectivity index (χ4n) is 2.36. The Hall–Kier alpha value is -1.81. The zero-order chi connectivity index (χ0) is 15.2. The van der Waals surface area contributed by atoms with Gasteiger partial charge in [-0.3, -0.25) is 4.79 Å². The smallest absolute Gasteiger partial charge is 0.227 e. The summed E-state index contributed by atoms with van der Waals surface area (Å²) >= 11 is 5.91. The Morgan fingerprint density at radius 1 is 1.33 bits per heavy atom. The number of aromatic nitrogens is 2. The first-order valence-electron chi connectivity index (χ1n) is 7.09. The quantitative estimate of drug-likeness (QED) is 0.861. The molecular formula is C16H20ClN3O. The van der Waals surface area contributed by atoms with Gasteiger partial charge in [0.25, 0.3) is 0 Å². The Morgan fingerprint density at radius 3 is 2.62 bits per heavy atom. The number of benzene rings is 1. The number of rotatable bonds is 6. The van der Waals surface area contributed by atoms with E-state index in [2.05, 4.69) is 15.3 Å². The standard InChI is InChI=1S/C16H20ClN3O/c1-11(2)15(12-3-5-13(17)6-4-12)16(21)20-8-7-14-18-9-10-19-14/h3-6,9-11,15H,7-8H2,1-2H3,(H,18,19)(H,20,21). The van der Waals surface area contributed by atoms with Crippen molar-refractivity contribution in [3.8, 4) is 0 Å². The molecule has 0 aliphatic heterocycles. The molecule has 1 unspecified atom stereocenters. The summed E-state index contributed by atoms with van der Waals surface area (Å²) in [5, 5.41) is 3.66. The van der Waals surface area contributed by atoms with E-state index in [0.717, 1.165) is 11.4 Å². The van der Waals surface area contributed by atoms with Crippen LogP contribution in [0.4, 0.5) is 0 Å². The van der Waals surface area contributed by atoms with Gasteiger partial charge in [0.15, 0.2) is 0 Å². The molecule has 1 atom stereocenters. The number of amides is 1. The van der Waals surface area contributed by atoms with Gasteiger partial charge in [0.05, 0.1) is 5.92 Å². The number of carbonyl (C=O) groups is 1. The Labute approximate surface area is 129 Å². The maximum atomic E-state index is 12.4. The van der Waals surface area contributed by atoms with E-state index in [1.807, 2.05) is 38.1 Å². The number of carbonyl (C=O) groups excluding carboxylic acids is 1.